The van der Waals surface area contributed by atoms with Gasteiger partial charge < -0.3 is 14.2 Å². The molecule has 6 heteroatoms. The van der Waals surface area contributed by atoms with Crippen molar-refractivity contribution in [3.8, 4) is 0 Å². The lowest BCUT2D eigenvalue weighted by Crippen LogP contribution is -2.30. The van der Waals surface area contributed by atoms with Crippen LogP contribution in [0.15, 0.2) is 109 Å². The first kappa shape index (κ1) is 64.1. The SMILES string of the molecule is CC/C=C\C/C=C\C/C=C\C/C=C\C/C=C\C/C=C\CCCCCCC(=O)OCC(COC(=O)CCCCCCC/C=C\CCCCC)OC(=O)CCCCCCC/C=C\C/C=C\CCCCC. The second-order valence-electron chi connectivity index (χ2n) is 18.1. The summed E-state index contributed by atoms with van der Waals surface area (Å²) in [5.74, 6) is -0.948. The molecule has 0 fully saturated rings. The maximum atomic E-state index is 12.8. The van der Waals surface area contributed by atoms with E-state index >= 15 is 0 Å². The number of allylic oxidation sites excluding steroid dienone is 18. The highest BCUT2D eigenvalue weighted by atomic mass is 16.6. The van der Waals surface area contributed by atoms with Crippen LogP contribution in [0.4, 0.5) is 0 Å². The van der Waals surface area contributed by atoms with Crippen molar-refractivity contribution >= 4 is 17.9 Å². The van der Waals surface area contributed by atoms with Crippen LogP contribution in [0.1, 0.15) is 245 Å². The number of carbonyl (C=O) groups excluding carboxylic acids is 3. The Hall–Kier alpha value is -3.93. The molecule has 0 spiro atoms. The van der Waals surface area contributed by atoms with Crippen molar-refractivity contribution in [3.05, 3.63) is 109 Å². The highest BCUT2D eigenvalue weighted by molar-refractivity contribution is 5.71. The van der Waals surface area contributed by atoms with Gasteiger partial charge >= 0.3 is 17.9 Å². The number of unbranched alkanes of at least 4 members (excludes halogenated alkanes) is 20. The Balaban J connectivity index is 4.43. The Kier molecular flexibility index (Phi) is 52.4. The standard InChI is InChI=1S/C62H102O6/c1-4-7-10-13-16-19-22-25-27-28-29-30-31-32-33-34-36-37-40-43-46-49-52-55-61(64)67-58-59(57-66-60(63)54-51-48-45-42-39-24-21-18-15-12-9-6-3)68-62(65)56-53-50-47-44-41-38-35-26-23-20-17-14-11-8-5-2/h7,10,16-21,25-27,29-30,32-33,35-37,59H,4-6,8-9,11-15,22-24,28,31,34,38-58H2,1-3H3/b10-7-,19-16-,20-17-,21-18-,27-25-,30-29-,33-32-,35-26-,37-36-. The van der Waals surface area contributed by atoms with E-state index in [9.17, 15) is 14.4 Å². The van der Waals surface area contributed by atoms with Crippen molar-refractivity contribution in [2.24, 2.45) is 0 Å². The Bertz CT molecular complexity index is 1410. The largest absolute Gasteiger partial charge is 0.462 e. The molecule has 0 heterocycles. The summed E-state index contributed by atoms with van der Waals surface area (Å²) in [5.41, 5.74) is 0. The fourth-order valence-corrected chi connectivity index (χ4v) is 7.29. The van der Waals surface area contributed by atoms with E-state index in [0.29, 0.717) is 19.3 Å². The Morgan fingerprint density at radius 3 is 0.912 bits per heavy atom. The van der Waals surface area contributed by atoms with Crippen molar-refractivity contribution in [2.75, 3.05) is 13.2 Å². The molecule has 1 unspecified atom stereocenters. The monoisotopic (exact) mass is 943 g/mol. The van der Waals surface area contributed by atoms with Crippen LogP contribution in [0.2, 0.25) is 0 Å². The molecule has 0 saturated heterocycles. The van der Waals surface area contributed by atoms with Gasteiger partial charge in [-0.3, -0.25) is 14.4 Å². The third kappa shape index (κ3) is 53.0. The van der Waals surface area contributed by atoms with Gasteiger partial charge in [0.15, 0.2) is 6.10 Å². The molecular formula is C62H102O6. The van der Waals surface area contributed by atoms with E-state index in [1.54, 1.807) is 0 Å². The molecule has 0 aromatic rings. The first-order valence-electron chi connectivity index (χ1n) is 27.9. The molecule has 0 aliphatic heterocycles. The van der Waals surface area contributed by atoms with Crippen LogP contribution in [-0.4, -0.2) is 37.2 Å². The lowest BCUT2D eigenvalue weighted by atomic mass is 10.1. The third-order valence-electron chi connectivity index (χ3n) is 11.5. The minimum absolute atomic E-state index is 0.0980. The van der Waals surface area contributed by atoms with Gasteiger partial charge in [0.2, 0.25) is 0 Å². The molecule has 68 heavy (non-hydrogen) atoms. The van der Waals surface area contributed by atoms with Gasteiger partial charge in [0.1, 0.15) is 13.2 Å². The van der Waals surface area contributed by atoms with Gasteiger partial charge in [0, 0.05) is 19.3 Å². The lowest BCUT2D eigenvalue weighted by molar-refractivity contribution is -0.167. The maximum absolute atomic E-state index is 12.8. The van der Waals surface area contributed by atoms with Crippen LogP contribution < -0.4 is 0 Å². The fourth-order valence-electron chi connectivity index (χ4n) is 7.29. The summed E-state index contributed by atoms with van der Waals surface area (Å²) in [4.78, 5) is 38.1. The van der Waals surface area contributed by atoms with Crippen LogP contribution in [0.25, 0.3) is 0 Å². The molecule has 6 nitrogen and oxygen atoms in total. The highest BCUT2D eigenvalue weighted by Crippen LogP contribution is 2.13. The van der Waals surface area contributed by atoms with Crippen molar-refractivity contribution in [1.82, 2.24) is 0 Å². The second kappa shape index (κ2) is 55.7. The third-order valence-corrected chi connectivity index (χ3v) is 11.5. The van der Waals surface area contributed by atoms with Gasteiger partial charge in [-0.1, -0.05) is 207 Å². The number of rotatable bonds is 49. The van der Waals surface area contributed by atoms with Crippen molar-refractivity contribution < 1.29 is 28.6 Å². The molecule has 0 saturated carbocycles. The Morgan fingerprint density at radius 1 is 0.309 bits per heavy atom. The molecule has 0 aromatic heterocycles. The zero-order valence-corrected chi connectivity index (χ0v) is 44.1. The molecule has 0 aliphatic rings. The Labute approximate surface area is 419 Å². The molecule has 0 amide bonds. The van der Waals surface area contributed by atoms with E-state index in [1.807, 2.05) is 0 Å². The fraction of sp³-hybridized carbons (Fsp3) is 0.661. The number of ether oxygens (including phenoxy) is 3. The van der Waals surface area contributed by atoms with E-state index in [4.69, 9.17) is 14.2 Å². The molecule has 0 bridgehead atoms. The van der Waals surface area contributed by atoms with Crippen molar-refractivity contribution in [3.63, 3.8) is 0 Å². The van der Waals surface area contributed by atoms with Gasteiger partial charge in [-0.25, -0.2) is 0 Å². The van der Waals surface area contributed by atoms with Crippen molar-refractivity contribution in [2.45, 2.75) is 252 Å². The molecule has 1 atom stereocenters. The Morgan fingerprint density at radius 2 is 0.574 bits per heavy atom. The minimum atomic E-state index is -0.801. The molecular weight excluding hydrogens is 841 g/mol. The average molecular weight is 943 g/mol. The smallest absolute Gasteiger partial charge is 0.306 e. The first-order valence-corrected chi connectivity index (χ1v) is 27.9. The number of esters is 3. The van der Waals surface area contributed by atoms with E-state index in [1.165, 1.54) is 57.8 Å². The molecule has 386 valence electrons. The predicted octanol–water partition coefficient (Wildman–Crippen LogP) is 18.7. The molecule has 0 aliphatic carbocycles. The molecule has 0 N–H and O–H groups in total. The summed E-state index contributed by atoms with van der Waals surface area (Å²) in [6.45, 7) is 6.43. The topological polar surface area (TPSA) is 78.9 Å². The molecule has 0 aromatic carbocycles. The summed E-state index contributed by atoms with van der Waals surface area (Å²) in [6.07, 6.45) is 75.0. The van der Waals surface area contributed by atoms with Crippen LogP contribution in [0.3, 0.4) is 0 Å². The lowest BCUT2D eigenvalue weighted by Gasteiger charge is -2.18. The van der Waals surface area contributed by atoms with Gasteiger partial charge in [-0.05, 0) is 128 Å². The summed E-state index contributed by atoms with van der Waals surface area (Å²) in [5, 5.41) is 0. The number of carbonyl (C=O) groups is 3. The minimum Gasteiger partial charge on any atom is -0.462 e. The van der Waals surface area contributed by atoms with Crippen LogP contribution in [0, 0.1) is 0 Å². The average Bonchev–Trinajstić information content (AvgIpc) is 3.34. The zero-order chi connectivity index (χ0) is 49.3. The van der Waals surface area contributed by atoms with Crippen molar-refractivity contribution in [1.29, 1.82) is 0 Å². The first-order chi connectivity index (χ1) is 33.5. The number of hydrogen-bond acceptors (Lipinski definition) is 6. The van der Waals surface area contributed by atoms with Crippen LogP contribution in [-0.2, 0) is 28.6 Å². The zero-order valence-electron chi connectivity index (χ0n) is 44.1. The van der Waals surface area contributed by atoms with E-state index in [-0.39, 0.29) is 31.1 Å². The summed E-state index contributed by atoms with van der Waals surface area (Å²) in [6, 6.07) is 0. The van der Waals surface area contributed by atoms with E-state index < -0.39 is 6.10 Å². The van der Waals surface area contributed by atoms with Gasteiger partial charge in [-0.15, -0.1) is 0 Å². The quantitative estimate of drug-likeness (QED) is 0.0262. The second-order valence-corrected chi connectivity index (χ2v) is 18.1. The number of hydrogen-bond donors (Lipinski definition) is 0. The normalized spacial score (nSPS) is 12.9. The van der Waals surface area contributed by atoms with Gasteiger partial charge in [-0.2, -0.15) is 0 Å². The highest BCUT2D eigenvalue weighted by Gasteiger charge is 2.19. The summed E-state index contributed by atoms with van der Waals surface area (Å²) in [7, 11) is 0. The van der Waals surface area contributed by atoms with Gasteiger partial charge in [0.25, 0.3) is 0 Å². The van der Waals surface area contributed by atoms with Gasteiger partial charge in [0.05, 0.1) is 0 Å². The summed E-state index contributed by atoms with van der Waals surface area (Å²) >= 11 is 0. The molecule has 0 rings (SSSR count). The van der Waals surface area contributed by atoms with Crippen LogP contribution in [0.5, 0.6) is 0 Å². The summed E-state index contributed by atoms with van der Waals surface area (Å²) < 4.78 is 16.8. The predicted molar refractivity (Wildman–Crippen MR) is 293 cm³/mol. The maximum Gasteiger partial charge on any atom is 0.306 e. The van der Waals surface area contributed by atoms with E-state index in [0.717, 1.165) is 148 Å². The van der Waals surface area contributed by atoms with E-state index in [2.05, 4.69) is 130 Å². The molecule has 0 radical (unpaired) electrons. The van der Waals surface area contributed by atoms with Crippen LogP contribution >= 0.6 is 0 Å².